The third-order valence-corrected chi connectivity index (χ3v) is 1.31. The van der Waals surface area contributed by atoms with Crippen LogP contribution in [-0.2, 0) is 9.59 Å². The molecular weight excluding hydrogens is 134 g/mol. The van der Waals surface area contributed by atoms with E-state index in [0.29, 0.717) is 6.54 Å². The predicted molar refractivity (Wildman–Crippen MR) is 33.1 cm³/mol. The Morgan fingerprint density at radius 2 is 2.20 bits per heavy atom. The summed E-state index contributed by atoms with van der Waals surface area (Å²) in [7, 11) is 0. The maximum Gasteiger partial charge on any atom is 0.295 e. The van der Waals surface area contributed by atoms with E-state index in [4.69, 9.17) is 5.11 Å². The molecule has 0 unspecified atom stereocenters. The molecule has 1 N–H and O–H groups in total. The molecule has 0 atom stereocenters. The van der Waals surface area contributed by atoms with Crippen molar-refractivity contribution in [1.29, 1.82) is 0 Å². The summed E-state index contributed by atoms with van der Waals surface area (Å²) in [5, 5.41) is 8.72. The standard InChI is InChI=1S/C6H7NO3/c1-2-7-5(9)3-4(8)6(7)10/h3,8H,2H2,1H3. The van der Waals surface area contributed by atoms with Gasteiger partial charge in [-0.15, -0.1) is 0 Å². The molecule has 1 aliphatic rings. The van der Waals surface area contributed by atoms with Crippen LogP contribution in [0, 0.1) is 0 Å². The number of hydrogen-bond acceptors (Lipinski definition) is 3. The number of imide groups is 1. The quantitative estimate of drug-likeness (QED) is 0.515. The number of likely N-dealkylation sites (N-methyl/N-ethyl adjacent to an activating group) is 1. The molecule has 10 heavy (non-hydrogen) atoms. The summed E-state index contributed by atoms with van der Waals surface area (Å²) >= 11 is 0. The number of hydrogen-bond donors (Lipinski definition) is 1. The van der Waals surface area contributed by atoms with Gasteiger partial charge in [-0.25, -0.2) is 0 Å². The van der Waals surface area contributed by atoms with Crippen LogP contribution in [0.15, 0.2) is 11.8 Å². The van der Waals surface area contributed by atoms with Crippen molar-refractivity contribution >= 4 is 11.8 Å². The molecule has 0 fully saturated rings. The fourth-order valence-corrected chi connectivity index (χ4v) is 0.794. The summed E-state index contributed by atoms with van der Waals surface area (Å²) in [5.74, 6) is -1.51. The zero-order chi connectivity index (χ0) is 7.72. The maximum absolute atomic E-state index is 10.7. The van der Waals surface area contributed by atoms with Gasteiger partial charge in [0, 0.05) is 6.54 Å². The van der Waals surface area contributed by atoms with Gasteiger partial charge in [-0.3, -0.25) is 14.5 Å². The Morgan fingerprint density at radius 3 is 2.40 bits per heavy atom. The molecule has 0 aromatic heterocycles. The highest BCUT2D eigenvalue weighted by Gasteiger charge is 2.28. The van der Waals surface area contributed by atoms with Gasteiger partial charge in [0.05, 0.1) is 6.08 Å². The molecule has 4 heteroatoms. The molecular formula is C6H7NO3. The van der Waals surface area contributed by atoms with Gasteiger partial charge in [0.25, 0.3) is 11.8 Å². The minimum absolute atomic E-state index is 0.304. The van der Waals surface area contributed by atoms with Crippen molar-refractivity contribution in [2.75, 3.05) is 6.54 Å². The zero-order valence-electron chi connectivity index (χ0n) is 5.50. The summed E-state index contributed by atoms with van der Waals surface area (Å²) < 4.78 is 0. The number of rotatable bonds is 1. The summed E-state index contributed by atoms with van der Waals surface area (Å²) in [5.41, 5.74) is 0. The van der Waals surface area contributed by atoms with Crippen LogP contribution in [0.2, 0.25) is 0 Å². The van der Waals surface area contributed by atoms with Crippen LogP contribution in [0.25, 0.3) is 0 Å². The van der Waals surface area contributed by atoms with Gasteiger partial charge in [-0.2, -0.15) is 0 Å². The first-order chi connectivity index (χ1) is 4.66. The number of carbonyl (C=O) groups is 2. The van der Waals surface area contributed by atoms with Crippen molar-refractivity contribution in [1.82, 2.24) is 4.90 Å². The molecule has 1 rings (SSSR count). The largest absolute Gasteiger partial charge is 0.503 e. The molecule has 1 aliphatic heterocycles. The van der Waals surface area contributed by atoms with E-state index < -0.39 is 17.6 Å². The van der Waals surface area contributed by atoms with Crippen LogP contribution in [-0.4, -0.2) is 28.4 Å². The predicted octanol–water partition coefficient (Wildman–Crippen LogP) is -0.183. The van der Waals surface area contributed by atoms with Crippen LogP contribution in [0.3, 0.4) is 0 Å². The molecule has 0 aromatic carbocycles. The fraction of sp³-hybridized carbons (Fsp3) is 0.333. The maximum atomic E-state index is 10.7. The van der Waals surface area contributed by atoms with E-state index in [1.165, 1.54) is 0 Å². The van der Waals surface area contributed by atoms with Crippen molar-refractivity contribution in [2.24, 2.45) is 0 Å². The van der Waals surface area contributed by atoms with Crippen molar-refractivity contribution in [3.8, 4) is 0 Å². The first kappa shape index (κ1) is 6.80. The monoisotopic (exact) mass is 141 g/mol. The lowest BCUT2D eigenvalue weighted by Gasteiger charge is -2.08. The van der Waals surface area contributed by atoms with Crippen LogP contribution < -0.4 is 0 Å². The Balaban J connectivity index is 2.87. The smallest absolute Gasteiger partial charge is 0.295 e. The Labute approximate surface area is 57.7 Å². The average molecular weight is 141 g/mol. The Kier molecular flexibility index (Phi) is 1.45. The third-order valence-electron chi connectivity index (χ3n) is 1.31. The normalized spacial score (nSPS) is 18.1. The van der Waals surface area contributed by atoms with Crippen LogP contribution >= 0.6 is 0 Å². The molecule has 1 heterocycles. The molecule has 0 aliphatic carbocycles. The van der Waals surface area contributed by atoms with Crippen LogP contribution in [0.1, 0.15) is 6.92 Å². The lowest BCUT2D eigenvalue weighted by molar-refractivity contribution is -0.138. The molecule has 0 saturated heterocycles. The van der Waals surface area contributed by atoms with Crippen LogP contribution in [0.5, 0.6) is 0 Å². The number of aliphatic hydroxyl groups is 1. The first-order valence-electron chi connectivity index (χ1n) is 2.93. The zero-order valence-corrected chi connectivity index (χ0v) is 5.50. The Hall–Kier alpha value is -1.32. The van der Waals surface area contributed by atoms with Gasteiger partial charge in [-0.05, 0) is 6.92 Å². The highest BCUT2D eigenvalue weighted by molar-refractivity contribution is 6.14. The van der Waals surface area contributed by atoms with Crippen LogP contribution in [0.4, 0.5) is 0 Å². The highest BCUT2D eigenvalue weighted by atomic mass is 16.3. The summed E-state index contributed by atoms with van der Waals surface area (Å²) in [6.07, 6.45) is 0.922. The van der Waals surface area contributed by atoms with Gasteiger partial charge in [0.2, 0.25) is 0 Å². The summed E-state index contributed by atoms with van der Waals surface area (Å²) in [6.45, 7) is 1.97. The third kappa shape index (κ3) is 0.775. The van der Waals surface area contributed by atoms with Gasteiger partial charge in [0.1, 0.15) is 0 Å². The average Bonchev–Trinajstić information content (AvgIpc) is 2.09. The molecule has 0 saturated carbocycles. The molecule has 0 bridgehead atoms. The second-order valence-corrected chi connectivity index (χ2v) is 1.92. The number of nitrogens with zero attached hydrogens (tertiary/aromatic N) is 1. The van der Waals surface area contributed by atoms with E-state index in [9.17, 15) is 9.59 Å². The SMILES string of the molecule is CCN1C(=O)C=C(O)C1=O. The van der Waals surface area contributed by atoms with E-state index in [1.54, 1.807) is 6.92 Å². The van der Waals surface area contributed by atoms with Crippen molar-refractivity contribution < 1.29 is 14.7 Å². The topological polar surface area (TPSA) is 57.6 Å². The molecule has 54 valence electrons. The lowest BCUT2D eigenvalue weighted by atomic mass is 10.5. The van der Waals surface area contributed by atoms with Gasteiger partial charge < -0.3 is 5.11 Å². The number of amides is 2. The van der Waals surface area contributed by atoms with Gasteiger partial charge in [0.15, 0.2) is 5.76 Å². The van der Waals surface area contributed by atoms with E-state index in [1.807, 2.05) is 0 Å². The Bertz CT molecular complexity index is 219. The van der Waals surface area contributed by atoms with Crippen molar-refractivity contribution in [3.63, 3.8) is 0 Å². The van der Waals surface area contributed by atoms with Crippen molar-refractivity contribution in [3.05, 3.63) is 11.8 Å². The molecule has 2 amide bonds. The van der Waals surface area contributed by atoms with E-state index in [-0.39, 0.29) is 0 Å². The number of aliphatic hydroxyl groups excluding tert-OH is 1. The van der Waals surface area contributed by atoms with E-state index >= 15 is 0 Å². The molecule has 4 nitrogen and oxygen atoms in total. The minimum Gasteiger partial charge on any atom is -0.503 e. The molecule has 0 radical (unpaired) electrons. The summed E-state index contributed by atoms with van der Waals surface area (Å²) in [4.78, 5) is 22.4. The fourth-order valence-electron chi connectivity index (χ4n) is 0.794. The minimum atomic E-state index is -0.604. The molecule has 0 aromatic rings. The molecule has 0 spiro atoms. The highest BCUT2D eigenvalue weighted by Crippen LogP contribution is 2.08. The Morgan fingerprint density at radius 1 is 1.60 bits per heavy atom. The summed E-state index contributed by atoms with van der Waals surface area (Å²) in [6, 6.07) is 0. The second-order valence-electron chi connectivity index (χ2n) is 1.92. The van der Waals surface area contributed by atoms with Crippen molar-refractivity contribution in [2.45, 2.75) is 6.92 Å². The van der Waals surface area contributed by atoms with E-state index in [2.05, 4.69) is 0 Å². The lowest BCUT2D eigenvalue weighted by Crippen LogP contribution is -2.30. The van der Waals surface area contributed by atoms with Gasteiger partial charge in [-0.1, -0.05) is 0 Å². The first-order valence-corrected chi connectivity index (χ1v) is 2.93. The second kappa shape index (κ2) is 2.13. The van der Waals surface area contributed by atoms with E-state index in [0.717, 1.165) is 11.0 Å². The van der Waals surface area contributed by atoms with Gasteiger partial charge >= 0.3 is 0 Å². The number of carbonyl (C=O) groups excluding carboxylic acids is 2.